The number of benzene rings is 2. The quantitative estimate of drug-likeness (QED) is 0.256. The van der Waals surface area contributed by atoms with Crippen LogP contribution in [0.4, 0.5) is 0 Å². The van der Waals surface area contributed by atoms with E-state index in [0.29, 0.717) is 40.1 Å². The van der Waals surface area contributed by atoms with Crippen molar-refractivity contribution >= 4 is 35.2 Å². The monoisotopic (exact) mass is 472 g/mol. The number of nitriles is 1. The smallest absolute Gasteiger partial charge is 0.262 e. The molecule has 0 heterocycles. The Balaban J connectivity index is 2.45. The van der Waals surface area contributed by atoms with Gasteiger partial charge in [-0.2, -0.15) is 5.26 Å². The Morgan fingerprint density at radius 3 is 2.56 bits per heavy atom. The van der Waals surface area contributed by atoms with Crippen LogP contribution in [0.5, 0.6) is 11.5 Å². The van der Waals surface area contributed by atoms with E-state index in [1.54, 1.807) is 24.3 Å². The summed E-state index contributed by atoms with van der Waals surface area (Å²) in [6.45, 7) is 9.99. The minimum atomic E-state index is -0.427. The molecule has 0 radical (unpaired) electrons. The standard InChI is InChI=1S/C25H26Cl2N2O3/c1-5-7-18-10-17(11-20(14-28)25(30)29-16(3)4)12-23(31-6-2)24(18)32-15-19-8-9-21(26)13-22(19)27/h5,8-13,16H,1,6-7,15H2,2-4H3,(H,29,30)/b20-11-. The molecule has 0 spiro atoms. The van der Waals surface area contributed by atoms with Gasteiger partial charge in [0.1, 0.15) is 18.2 Å². The largest absolute Gasteiger partial charge is 0.490 e. The molecule has 0 aromatic heterocycles. The molecule has 1 N–H and O–H groups in total. The summed E-state index contributed by atoms with van der Waals surface area (Å²) < 4.78 is 11.9. The number of hydrogen-bond acceptors (Lipinski definition) is 4. The highest BCUT2D eigenvalue weighted by atomic mass is 35.5. The number of carbonyl (C=O) groups excluding carboxylic acids is 1. The van der Waals surface area contributed by atoms with Gasteiger partial charge < -0.3 is 14.8 Å². The van der Waals surface area contributed by atoms with Crippen LogP contribution in [0.3, 0.4) is 0 Å². The summed E-state index contributed by atoms with van der Waals surface area (Å²) in [5, 5.41) is 13.2. The first-order chi connectivity index (χ1) is 15.3. The van der Waals surface area contributed by atoms with E-state index in [-0.39, 0.29) is 18.2 Å². The predicted molar refractivity (Wildman–Crippen MR) is 129 cm³/mol. The van der Waals surface area contributed by atoms with Crippen molar-refractivity contribution in [3.8, 4) is 17.6 Å². The van der Waals surface area contributed by atoms with Crippen molar-refractivity contribution in [2.75, 3.05) is 6.61 Å². The molecule has 5 nitrogen and oxygen atoms in total. The van der Waals surface area contributed by atoms with Crippen LogP contribution in [-0.2, 0) is 17.8 Å². The number of halogens is 2. The molecule has 168 valence electrons. The van der Waals surface area contributed by atoms with Crippen LogP contribution in [0.1, 0.15) is 37.5 Å². The van der Waals surface area contributed by atoms with E-state index in [1.807, 2.05) is 39.0 Å². The number of hydrogen-bond donors (Lipinski definition) is 1. The lowest BCUT2D eigenvalue weighted by Crippen LogP contribution is -2.30. The maximum Gasteiger partial charge on any atom is 0.262 e. The van der Waals surface area contributed by atoms with Gasteiger partial charge in [0.05, 0.1) is 6.61 Å². The zero-order chi connectivity index (χ0) is 23.7. The first-order valence-electron chi connectivity index (χ1n) is 10.2. The fourth-order valence-electron chi connectivity index (χ4n) is 2.94. The number of carbonyl (C=O) groups is 1. The number of allylic oxidation sites excluding steroid dienone is 1. The van der Waals surface area contributed by atoms with Crippen LogP contribution in [0.2, 0.25) is 10.0 Å². The van der Waals surface area contributed by atoms with Crippen LogP contribution in [0.15, 0.2) is 48.6 Å². The van der Waals surface area contributed by atoms with Crippen LogP contribution in [0, 0.1) is 11.3 Å². The van der Waals surface area contributed by atoms with Gasteiger partial charge in [-0.05, 0) is 63.1 Å². The molecule has 0 unspecified atom stereocenters. The van der Waals surface area contributed by atoms with Crippen molar-refractivity contribution in [1.82, 2.24) is 5.32 Å². The number of nitrogens with zero attached hydrogens (tertiary/aromatic N) is 1. The van der Waals surface area contributed by atoms with Crippen molar-refractivity contribution in [2.45, 2.75) is 39.8 Å². The molecule has 0 fully saturated rings. The molecule has 0 aliphatic rings. The molecule has 0 saturated carbocycles. The van der Waals surface area contributed by atoms with E-state index in [2.05, 4.69) is 11.9 Å². The highest BCUT2D eigenvalue weighted by Gasteiger charge is 2.16. The molecule has 7 heteroatoms. The highest BCUT2D eigenvalue weighted by Crippen LogP contribution is 2.36. The summed E-state index contributed by atoms with van der Waals surface area (Å²) in [7, 11) is 0. The molecular weight excluding hydrogens is 447 g/mol. The number of amides is 1. The molecule has 0 aliphatic heterocycles. The van der Waals surface area contributed by atoms with Gasteiger partial charge in [-0.3, -0.25) is 4.79 Å². The molecular formula is C25H26Cl2N2O3. The van der Waals surface area contributed by atoms with Crippen LogP contribution in [0.25, 0.3) is 6.08 Å². The fourth-order valence-corrected chi connectivity index (χ4v) is 3.41. The summed E-state index contributed by atoms with van der Waals surface area (Å²) in [4.78, 5) is 12.3. The molecule has 2 rings (SSSR count). The maximum absolute atomic E-state index is 12.3. The van der Waals surface area contributed by atoms with Crippen LogP contribution in [-0.4, -0.2) is 18.6 Å². The maximum atomic E-state index is 12.3. The Morgan fingerprint density at radius 2 is 1.97 bits per heavy atom. The third-order valence-electron chi connectivity index (χ3n) is 4.30. The molecule has 2 aromatic rings. The Bertz CT molecular complexity index is 1060. The molecule has 32 heavy (non-hydrogen) atoms. The molecule has 1 amide bonds. The lowest BCUT2D eigenvalue weighted by Gasteiger charge is -2.17. The van der Waals surface area contributed by atoms with Crippen molar-refractivity contribution in [3.63, 3.8) is 0 Å². The zero-order valence-electron chi connectivity index (χ0n) is 18.4. The lowest BCUT2D eigenvalue weighted by molar-refractivity contribution is -0.117. The molecule has 2 aromatic carbocycles. The Kier molecular flexibility index (Phi) is 9.64. The summed E-state index contributed by atoms with van der Waals surface area (Å²) in [5.74, 6) is 0.633. The van der Waals surface area contributed by atoms with E-state index in [1.165, 1.54) is 6.08 Å². The van der Waals surface area contributed by atoms with Gasteiger partial charge in [-0.25, -0.2) is 0 Å². The van der Waals surface area contributed by atoms with E-state index in [4.69, 9.17) is 32.7 Å². The summed E-state index contributed by atoms with van der Waals surface area (Å²) >= 11 is 12.2. The Hall–Kier alpha value is -2.94. The topological polar surface area (TPSA) is 71.4 Å². The molecule has 0 bridgehead atoms. The summed E-state index contributed by atoms with van der Waals surface area (Å²) in [6, 6.07) is 10.7. The second-order valence-corrected chi connectivity index (χ2v) is 8.10. The minimum Gasteiger partial charge on any atom is -0.490 e. The Labute approximate surface area is 199 Å². The van der Waals surface area contributed by atoms with Crippen molar-refractivity contribution in [2.24, 2.45) is 0 Å². The number of nitrogens with one attached hydrogen (secondary N) is 1. The Morgan fingerprint density at radius 1 is 1.22 bits per heavy atom. The molecule has 0 aliphatic carbocycles. The summed E-state index contributed by atoms with van der Waals surface area (Å²) in [5.41, 5.74) is 2.25. The third-order valence-corrected chi connectivity index (χ3v) is 4.89. The third kappa shape index (κ3) is 7.05. The van der Waals surface area contributed by atoms with Gasteiger partial charge in [0.25, 0.3) is 5.91 Å². The van der Waals surface area contributed by atoms with Gasteiger partial charge in [0, 0.05) is 27.2 Å². The van der Waals surface area contributed by atoms with E-state index in [9.17, 15) is 10.1 Å². The molecule has 0 saturated heterocycles. The van der Waals surface area contributed by atoms with E-state index < -0.39 is 5.91 Å². The SMILES string of the molecule is C=CCc1cc(/C=C(/C#N)C(=O)NC(C)C)cc(OCC)c1OCc1ccc(Cl)cc1Cl. The number of ether oxygens (including phenoxy) is 2. The second kappa shape index (κ2) is 12.2. The van der Waals surface area contributed by atoms with E-state index in [0.717, 1.165) is 11.1 Å². The highest BCUT2D eigenvalue weighted by molar-refractivity contribution is 6.35. The number of rotatable bonds is 10. The summed E-state index contributed by atoms with van der Waals surface area (Å²) in [6.07, 6.45) is 3.79. The first kappa shape index (κ1) is 25.3. The normalized spacial score (nSPS) is 11.1. The van der Waals surface area contributed by atoms with E-state index >= 15 is 0 Å². The van der Waals surface area contributed by atoms with Gasteiger partial charge in [-0.15, -0.1) is 6.58 Å². The van der Waals surface area contributed by atoms with Crippen LogP contribution >= 0.6 is 23.2 Å². The average Bonchev–Trinajstić information content (AvgIpc) is 2.72. The lowest BCUT2D eigenvalue weighted by atomic mass is 10.0. The minimum absolute atomic E-state index is 0.00677. The predicted octanol–water partition coefficient (Wildman–Crippen LogP) is 6.13. The van der Waals surface area contributed by atoms with Crippen molar-refractivity contribution in [1.29, 1.82) is 5.26 Å². The second-order valence-electron chi connectivity index (χ2n) is 7.26. The van der Waals surface area contributed by atoms with Gasteiger partial charge >= 0.3 is 0 Å². The molecule has 0 atom stereocenters. The first-order valence-corrected chi connectivity index (χ1v) is 10.9. The average molecular weight is 473 g/mol. The van der Waals surface area contributed by atoms with Gasteiger partial charge in [-0.1, -0.05) is 35.3 Å². The van der Waals surface area contributed by atoms with Gasteiger partial charge in [0.2, 0.25) is 0 Å². The zero-order valence-corrected chi connectivity index (χ0v) is 19.9. The van der Waals surface area contributed by atoms with Crippen molar-refractivity contribution in [3.05, 3.63) is 75.3 Å². The fraction of sp³-hybridized carbons (Fsp3) is 0.280. The van der Waals surface area contributed by atoms with Crippen LogP contribution < -0.4 is 14.8 Å². The van der Waals surface area contributed by atoms with Gasteiger partial charge in [0.15, 0.2) is 11.5 Å². The van der Waals surface area contributed by atoms with Crippen molar-refractivity contribution < 1.29 is 14.3 Å².